The lowest BCUT2D eigenvalue weighted by atomic mass is 10.0. The van der Waals surface area contributed by atoms with Crippen LogP contribution in [-0.2, 0) is 4.79 Å². The number of hydrogen-bond donors (Lipinski definition) is 1. The van der Waals surface area contributed by atoms with Crippen molar-refractivity contribution >= 4 is 17.7 Å². The fourth-order valence-electron chi connectivity index (χ4n) is 2.78. The van der Waals surface area contributed by atoms with E-state index < -0.39 is 17.7 Å². The molecule has 2 aromatic carbocycles. The van der Waals surface area contributed by atoms with Crippen molar-refractivity contribution in [3.63, 3.8) is 0 Å². The van der Waals surface area contributed by atoms with E-state index in [2.05, 4.69) is 34.7 Å². The Morgan fingerprint density at radius 1 is 1.14 bits per heavy atom. The van der Waals surface area contributed by atoms with Crippen LogP contribution in [0.25, 0.3) is 5.69 Å². The summed E-state index contributed by atoms with van der Waals surface area (Å²) >= 11 is 1.17. The number of carbonyl (C=O) groups excluding carboxylic acids is 1. The molecule has 0 radical (unpaired) electrons. The average molecular weight is 417 g/mol. The summed E-state index contributed by atoms with van der Waals surface area (Å²) in [5.74, 6) is -1.19. The highest BCUT2D eigenvalue weighted by atomic mass is 32.2. The molecule has 0 bridgehead atoms. The molecule has 1 N–H and O–H groups in total. The van der Waals surface area contributed by atoms with E-state index in [1.54, 1.807) is 11.6 Å². The zero-order valence-corrected chi connectivity index (χ0v) is 17.1. The molecule has 0 unspecified atom stereocenters. The molecule has 152 valence electrons. The number of nitrogens with zero attached hydrogens (tertiary/aromatic N) is 4. The van der Waals surface area contributed by atoms with Crippen molar-refractivity contribution < 1.29 is 13.6 Å². The molecule has 0 aliphatic carbocycles. The molecular formula is C20H21F2N5OS. The fourth-order valence-corrected chi connectivity index (χ4v) is 3.48. The third-order valence-electron chi connectivity index (χ3n) is 4.38. The molecule has 9 heteroatoms. The van der Waals surface area contributed by atoms with Gasteiger partial charge in [-0.1, -0.05) is 43.8 Å². The number of hydrogen-bond acceptors (Lipinski definition) is 5. The predicted octanol–water partition coefficient (Wildman–Crippen LogP) is 4.03. The Hall–Kier alpha value is -2.81. The van der Waals surface area contributed by atoms with Crippen LogP contribution in [0, 0.1) is 11.6 Å². The summed E-state index contributed by atoms with van der Waals surface area (Å²) in [5, 5.41) is 14.8. The van der Waals surface area contributed by atoms with E-state index in [0.717, 1.165) is 17.8 Å². The van der Waals surface area contributed by atoms with Crippen molar-refractivity contribution in [2.24, 2.45) is 0 Å². The molecule has 1 amide bonds. The second-order valence-corrected chi connectivity index (χ2v) is 7.81. The topological polar surface area (TPSA) is 72.7 Å². The zero-order valence-electron chi connectivity index (χ0n) is 16.3. The van der Waals surface area contributed by atoms with Crippen LogP contribution < -0.4 is 5.32 Å². The number of benzene rings is 2. The lowest BCUT2D eigenvalue weighted by molar-refractivity contribution is -0.119. The van der Waals surface area contributed by atoms with E-state index >= 15 is 0 Å². The smallest absolute Gasteiger partial charge is 0.230 e. The van der Waals surface area contributed by atoms with Gasteiger partial charge < -0.3 is 5.32 Å². The number of halogens is 2. The highest BCUT2D eigenvalue weighted by Crippen LogP contribution is 2.22. The van der Waals surface area contributed by atoms with Gasteiger partial charge in [-0.25, -0.2) is 8.78 Å². The van der Waals surface area contributed by atoms with Crippen molar-refractivity contribution in [2.45, 2.75) is 37.9 Å². The molecule has 29 heavy (non-hydrogen) atoms. The molecule has 0 aliphatic heterocycles. The monoisotopic (exact) mass is 417 g/mol. The third-order valence-corrected chi connectivity index (χ3v) is 5.30. The minimum Gasteiger partial charge on any atom is -0.349 e. The van der Waals surface area contributed by atoms with Crippen LogP contribution in [0.1, 0.15) is 43.9 Å². The molecule has 0 spiro atoms. The summed E-state index contributed by atoms with van der Waals surface area (Å²) < 4.78 is 28.5. The summed E-state index contributed by atoms with van der Waals surface area (Å²) in [6.07, 6.45) is 0. The van der Waals surface area contributed by atoms with Gasteiger partial charge in [0, 0.05) is 11.6 Å². The highest BCUT2D eigenvalue weighted by Gasteiger charge is 2.16. The Kier molecular flexibility index (Phi) is 6.58. The number of aromatic nitrogens is 4. The predicted molar refractivity (Wildman–Crippen MR) is 107 cm³/mol. The summed E-state index contributed by atoms with van der Waals surface area (Å²) in [5.41, 5.74) is 2.22. The summed E-state index contributed by atoms with van der Waals surface area (Å²) in [6.45, 7) is 5.87. The quantitative estimate of drug-likeness (QED) is 0.588. The molecule has 0 fully saturated rings. The van der Waals surface area contributed by atoms with Crippen LogP contribution >= 0.6 is 11.8 Å². The Morgan fingerprint density at radius 2 is 1.86 bits per heavy atom. The Labute approximate surface area is 171 Å². The Bertz CT molecular complexity index is 991. The summed E-state index contributed by atoms with van der Waals surface area (Å²) in [4.78, 5) is 12.3. The van der Waals surface area contributed by atoms with Crippen LogP contribution in [-0.4, -0.2) is 31.9 Å². The summed E-state index contributed by atoms with van der Waals surface area (Å²) in [7, 11) is 0. The molecule has 3 rings (SSSR count). The van der Waals surface area contributed by atoms with E-state index in [0.29, 0.717) is 11.1 Å². The molecule has 3 aromatic rings. The SMILES string of the molecule is CC(C)c1ccc(-n2nnnc2SCC(=O)N[C@H](C)c2ccc(F)cc2F)cc1. The van der Waals surface area contributed by atoms with Crippen molar-refractivity contribution in [3.05, 3.63) is 65.2 Å². The standard InChI is InChI=1S/C20H21F2N5OS/c1-12(2)14-4-7-16(8-5-14)27-20(24-25-26-27)29-11-19(28)23-13(3)17-9-6-15(21)10-18(17)22/h4-10,12-13H,11H2,1-3H3,(H,23,28)/t13-/m1/s1. The van der Waals surface area contributed by atoms with Crippen LogP contribution in [0.3, 0.4) is 0 Å². The van der Waals surface area contributed by atoms with Gasteiger partial charge in [-0.05, 0) is 47.0 Å². The highest BCUT2D eigenvalue weighted by molar-refractivity contribution is 7.99. The van der Waals surface area contributed by atoms with Crippen molar-refractivity contribution in [1.29, 1.82) is 0 Å². The van der Waals surface area contributed by atoms with E-state index in [1.807, 2.05) is 24.3 Å². The third kappa shape index (κ3) is 5.17. The van der Waals surface area contributed by atoms with Gasteiger partial charge in [-0.3, -0.25) is 4.79 Å². The average Bonchev–Trinajstić information content (AvgIpc) is 3.15. The second-order valence-electron chi connectivity index (χ2n) is 6.86. The first-order valence-electron chi connectivity index (χ1n) is 9.11. The maximum Gasteiger partial charge on any atom is 0.230 e. The lowest BCUT2D eigenvalue weighted by Gasteiger charge is -2.15. The van der Waals surface area contributed by atoms with Crippen LogP contribution in [0.4, 0.5) is 8.78 Å². The Morgan fingerprint density at radius 3 is 2.52 bits per heavy atom. The van der Waals surface area contributed by atoms with Crippen LogP contribution in [0.5, 0.6) is 0 Å². The Balaban J connectivity index is 1.62. The number of rotatable bonds is 7. The molecule has 0 aliphatic rings. The van der Waals surface area contributed by atoms with E-state index in [1.165, 1.54) is 23.4 Å². The van der Waals surface area contributed by atoms with E-state index in [-0.39, 0.29) is 17.2 Å². The maximum absolute atomic E-state index is 13.9. The molecule has 0 saturated carbocycles. The fraction of sp³-hybridized carbons (Fsp3) is 0.300. The second kappa shape index (κ2) is 9.13. The van der Waals surface area contributed by atoms with Crippen molar-refractivity contribution in [1.82, 2.24) is 25.5 Å². The zero-order chi connectivity index (χ0) is 21.0. The lowest BCUT2D eigenvalue weighted by Crippen LogP contribution is -2.28. The normalized spacial score (nSPS) is 12.2. The number of nitrogens with one attached hydrogen (secondary N) is 1. The van der Waals surface area contributed by atoms with Gasteiger partial charge in [-0.15, -0.1) is 5.10 Å². The maximum atomic E-state index is 13.9. The minimum atomic E-state index is -0.695. The van der Waals surface area contributed by atoms with Gasteiger partial charge in [0.2, 0.25) is 11.1 Å². The largest absolute Gasteiger partial charge is 0.349 e. The molecule has 6 nitrogen and oxygen atoms in total. The van der Waals surface area contributed by atoms with Crippen LogP contribution in [0.15, 0.2) is 47.6 Å². The number of amides is 1. The van der Waals surface area contributed by atoms with Crippen molar-refractivity contribution in [2.75, 3.05) is 5.75 Å². The van der Waals surface area contributed by atoms with Crippen LogP contribution in [0.2, 0.25) is 0 Å². The molecule has 1 heterocycles. The molecular weight excluding hydrogens is 396 g/mol. The molecule has 1 aromatic heterocycles. The van der Waals surface area contributed by atoms with E-state index in [9.17, 15) is 13.6 Å². The van der Waals surface area contributed by atoms with Gasteiger partial charge in [-0.2, -0.15) is 4.68 Å². The first-order valence-corrected chi connectivity index (χ1v) is 10.1. The first kappa shape index (κ1) is 20.9. The molecule has 1 atom stereocenters. The van der Waals surface area contributed by atoms with Gasteiger partial charge in [0.05, 0.1) is 17.5 Å². The van der Waals surface area contributed by atoms with Gasteiger partial charge >= 0.3 is 0 Å². The van der Waals surface area contributed by atoms with Gasteiger partial charge in [0.25, 0.3) is 0 Å². The number of carbonyl (C=O) groups is 1. The summed E-state index contributed by atoms with van der Waals surface area (Å²) in [6, 6.07) is 10.6. The minimum absolute atomic E-state index is 0.0532. The van der Waals surface area contributed by atoms with Crippen molar-refractivity contribution in [3.8, 4) is 5.69 Å². The van der Waals surface area contributed by atoms with Gasteiger partial charge in [0.15, 0.2) is 0 Å². The molecule has 0 saturated heterocycles. The number of thioether (sulfide) groups is 1. The number of tetrazole rings is 1. The van der Waals surface area contributed by atoms with E-state index in [4.69, 9.17) is 0 Å². The first-order chi connectivity index (χ1) is 13.8. The van der Waals surface area contributed by atoms with Gasteiger partial charge in [0.1, 0.15) is 11.6 Å².